The summed E-state index contributed by atoms with van der Waals surface area (Å²) in [7, 11) is 0. The Balaban J connectivity index is 1.67. The van der Waals surface area contributed by atoms with Gasteiger partial charge >= 0.3 is 5.97 Å². The fourth-order valence-corrected chi connectivity index (χ4v) is 3.38. The van der Waals surface area contributed by atoms with Crippen LogP contribution in [0.5, 0.6) is 5.75 Å². The van der Waals surface area contributed by atoms with E-state index < -0.39 is 17.9 Å². The molecule has 1 unspecified atom stereocenters. The first-order chi connectivity index (χ1) is 15.3. The Morgan fingerprint density at radius 3 is 2.47 bits per heavy atom. The van der Waals surface area contributed by atoms with Crippen LogP contribution in [0.4, 0.5) is 0 Å². The molecular weight excluding hydrogens is 455 g/mol. The van der Waals surface area contributed by atoms with Crippen molar-refractivity contribution >= 4 is 41.2 Å². The van der Waals surface area contributed by atoms with Gasteiger partial charge in [-0.05, 0) is 49.8 Å². The molecule has 2 aromatic carbocycles. The highest BCUT2D eigenvalue weighted by Crippen LogP contribution is 2.37. The van der Waals surface area contributed by atoms with Gasteiger partial charge < -0.3 is 19.7 Å². The number of aromatic nitrogens is 1. The molecule has 3 aromatic rings. The number of nitrogens with zero attached hydrogens (tertiary/aromatic N) is 1. The fourth-order valence-electron chi connectivity index (χ4n) is 2.81. The van der Waals surface area contributed by atoms with E-state index in [9.17, 15) is 9.59 Å². The largest absolute Gasteiger partial charge is 0.489 e. The van der Waals surface area contributed by atoms with E-state index in [2.05, 4.69) is 10.5 Å². The number of aliphatic carboxylic acids is 1. The summed E-state index contributed by atoms with van der Waals surface area (Å²) < 4.78 is 11.2. The number of rotatable bonds is 8. The monoisotopic (exact) mass is 474 g/mol. The molecule has 0 aliphatic heterocycles. The average Bonchev–Trinajstić information content (AvgIpc) is 3.11. The molecule has 0 spiro atoms. The Hall–Kier alpha value is -3.29. The van der Waals surface area contributed by atoms with E-state index in [1.165, 1.54) is 13.0 Å². The molecule has 0 radical (unpaired) electrons. The molecular formula is C23H20Cl2N2O5. The highest BCUT2D eigenvalue weighted by Gasteiger charge is 2.20. The number of aryl methyl sites for hydroxylation is 1. The minimum absolute atomic E-state index is 0.191. The number of ether oxygens (including phenoxy) is 1. The second-order valence-corrected chi connectivity index (χ2v) is 7.74. The highest BCUT2D eigenvalue weighted by molar-refractivity contribution is 6.39. The number of carboxylic acid groups (broad SMARTS) is 1. The summed E-state index contributed by atoms with van der Waals surface area (Å²) >= 11 is 12.6. The molecule has 166 valence electrons. The summed E-state index contributed by atoms with van der Waals surface area (Å²) in [5, 5.41) is 16.2. The van der Waals surface area contributed by atoms with Crippen LogP contribution in [0.2, 0.25) is 10.0 Å². The van der Waals surface area contributed by atoms with Gasteiger partial charge in [-0.1, -0.05) is 46.6 Å². The van der Waals surface area contributed by atoms with Gasteiger partial charge in [0, 0.05) is 11.6 Å². The maximum absolute atomic E-state index is 11.7. The third-order valence-corrected chi connectivity index (χ3v) is 5.23. The van der Waals surface area contributed by atoms with Crippen molar-refractivity contribution < 1.29 is 24.0 Å². The zero-order valence-corrected chi connectivity index (χ0v) is 18.8. The summed E-state index contributed by atoms with van der Waals surface area (Å²) in [6.45, 7) is 3.36. The number of carboxylic acids is 1. The van der Waals surface area contributed by atoms with Crippen LogP contribution in [-0.4, -0.2) is 28.2 Å². The molecule has 0 aliphatic rings. The fraction of sp³-hybridized carbons (Fsp3) is 0.174. The molecule has 0 bridgehead atoms. The van der Waals surface area contributed by atoms with Crippen molar-refractivity contribution in [1.82, 2.24) is 10.5 Å². The minimum Gasteiger partial charge on any atom is -0.489 e. The number of amides is 1. The number of halogens is 2. The number of carbonyl (C=O) groups excluding carboxylic acids is 1. The summed E-state index contributed by atoms with van der Waals surface area (Å²) in [5.41, 5.74) is 2.59. The van der Waals surface area contributed by atoms with Crippen LogP contribution in [-0.2, 0) is 16.2 Å². The first kappa shape index (κ1) is 23.4. The van der Waals surface area contributed by atoms with E-state index in [4.69, 9.17) is 37.6 Å². The van der Waals surface area contributed by atoms with E-state index in [0.717, 1.165) is 11.1 Å². The SMILES string of the molecule is Cc1onc(-c2c(Cl)cccc2Cl)c1COc1ccc(/C=C/C(=O)NC(C)C(=O)O)cc1. The maximum Gasteiger partial charge on any atom is 0.325 e. The Labute approximate surface area is 194 Å². The molecule has 1 heterocycles. The number of benzene rings is 2. The summed E-state index contributed by atoms with van der Waals surface area (Å²) in [4.78, 5) is 22.5. The number of hydrogen-bond donors (Lipinski definition) is 2. The second kappa shape index (κ2) is 10.3. The van der Waals surface area contributed by atoms with Crippen molar-refractivity contribution in [2.75, 3.05) is 0 Å². The first-order valence-electron chi connectivity index (χ1n) is 9.60. The highest BCUT2D eigenvalue weighted by atomic mass is 35.5. The molecule has 0 aliphatic carbocycles. The van der Waals surface area contributed by atoms with E-state index in [0.29, 0.717) is 32.8 Å². The van der Waals surface area contributed by atoms with Crippen LogP contribution in [0, 0.1) is 6.92 Å². The Morgan fingerprint density at radius 2 is 1.84 bits per heavy atom. The lowest BCUT2D eigenvalue weighted by Gasteiger charge is -2.09. The number of hydrogen-bond acceptors (Lipinski definition) is 5. The second-order valence-electron chi connectivity index (χ2n) is 6.92. The normalized spacial score (nSPS) is 12.0. The quantitative estimate of drug-likeness (QED) is 0.438. The lowest BCUT2D eigenvalue weighted by Crippen LogP contribution is -2.37. The molecule has 1 atom stereocenters. The third kappa shape index (κ3) is 5.69. The summed E-state index contributed by atoms with van der Waals surface area (Å²) in [6, 6.07) is 11.3. The third-order valence-electron chi connectivity index (χ3n) is 4.60. The van der Waals surface area contributed by atoms with Crippen LogP contribution < -0.4 is 10.1 Å². The predicted molar refractivity (Wildman–Crippen MR) is 122 cm³/mol. The van der Waals surface area contributed by atoms with Gasteiger partial charge in [-0.3, -0.25) is 9.59 Å². The molecule has 0 fully saturated rings. The number of nitrogens with one attached hydrogen (secondary N) is 1. The molecule has 1 aromatic heterocycles. The molecule has 0 saturated carbocycles. The minimum atomic E-state index is -1.10. The van der Waals surface area contributed by atoms with Crippen LogP contribution >= 0.6 is 23.2 Å². The molecule has 9 heteroatoms. The van der Waals surface area contributed by atoms with Gasteiger partial charge in [0.15, 0.2) is 0 Å². The van der Waals surface area contributed by atoms with Gasteiger partial charge in [-0.15, -0.1) is 0 Å². The first-order valence-corrected chi connectivity index (χ1v) is 10.4. The Bertz CT molecular complexity index is 1140. The van der Waals surface area contributed by atoms with E-state index in [1.54, 1.807) is 55.5 Å². The molecule has 32 heavy (non-hydrogen) atoms. The lowest BCUT2D eigenvalue weighted by atomic mass is 10.1. The van der Waals surface area contributed by atoms with Crippen molar-refractivity contribution in [3.63, 3.8) is 0 Å². The van der Waals surface area contributed by atoms with Crippen LogP contribution in [0.15, 0.2) is 53.1 Å². The van der Waals surface area contributed by atoms with Gasteiger partial charge in [0.25, 0.3) is 0 Å². The maximum atomic E-state index is 11.7. The van der Waals surface area contributed by atoms with Crippen molar-refractivity contribution in [1.29, 1.82) is 0 Å². The molecule has 1 amide bonds. The topological polar surface area (TPSA) is 102 Å². The van der Waals surface area contributed by atoms with Crippen molar-refractivity contribution in [3.05, 3.63) is 75.5 Å². The van der Waals surface area contributed by atoms with Gasteiger partial charge in [-0.25, -0.2) is 0 Å². The van der Waals surface area contributed by atoms with Crippen LogP contribution in [0.25, 0.3) is 17.3 Å². The van der Waals surface area contributed by atoms with Gasteiger partial charge in [-0.2, -0.15) is 0 Å². The number of carbonyl (C=O) groups is 2. The lowest BCUT2D eigenvalue weighted by molar-refractivity contribution is -0.140. The van der Waals surface area contributed by atoms with E-state index in [-0.39, 0.29) is 6.61 Å². The van der Waals surface area contributed by atoms with Gasteiger partial charge in [0.1, 0.15) is 29.9 Å². The Kier molecular flexibility index (Phi) is 7.56. The van der Waals surface area contributed by atoms with Gasteiger partial charge in [0.05, 0.1) is 15.6 Å². The molecule has 3 rings (SSSR count). The molecule has 0 saturated heterocycles. The molecule has 2 N–H and O–H groups in total. The van der Waals surface area contributed by atoms with E-state index in [1.807, 2.05) is 0 Å². The summed E-state index contributed by atoms with van der Waals surface area (Å²) in [5.74, 6) is -0.398. The predicted octanol–water partition coefficient (Wildman–Crippen LogP) is 5.14. The Morgan fingerprint density at radius 1 is 1.19 bits per heavy atom. The van der Waals surface area contributed by atoms with E-state index >= 15 is 0 Å². The average molecular weight is 475 g/mol. The van der Waals surface area contributed by atoms with Crippen LogP contribution in [0.1, 0.15) is 23.8 Å². The zero-order valence-electron chi connectivity index (χ0n) is 17.3. The van der Waals surface area contributed by atoms with Gasteiger partial charge in [0.2, 0.25) is 5.91 Å². The van der Waals surface area contributed by atoms with Crippen molar-refractivity contribution in [2.45, 2.75) is 26.5 Å². The van der Waals surface area contributed by atoms with Crippen molar-refractivity contribution in [2.24, 2.45) is 0 Å². The van der Waals surface area contributed by atoms with Crippen molar-refractivity contribution in [3.8, 4) is 17.0 Å². The van der Waals surface area contributed by atoms with Crippen LogP contribution in [0.3, 0.4) is 0 Å². The standard InChI is InChI=1S/C23H20Cl2N2O5/c1-13(23(29)30)26-20(28)11-8-15-6-9-16(10-7-15)31-12-17-14(2)32-27-22(17)21-18(24)4-3-5-19(21)25/h3-11,13H,12H2,1-2H3,(H,26,28)(H,29,30)/b11-8+. The summed E-state index contributed by atoms with van der Waals surface area (Å²) in [6.07, 6.45) is 2.85. The zero-order chi connectivity index (χ0) is 23.3. The smallest absolute Gasteiger partial charge is 0.325 e. The molecule has 7 nitrogen and oxygen atoms in total.